The molecule has 0 bridgehead atoms. The summed E-state index contributed by atoms with van der Waals surface area (Å²) >= 11 is 5.87. The van der Waals surface area contributed by atoms with Gasteiger partial charge in [0.25, 0.3) is 0 Å². The second kappa shape index (κ2) is 5.41. The van der Waals surface area contributed by atoms with Crippen LogP contribution in [-0.2, 0) is 12.4 Å². The van der Waals surface area contributed by atoms with E-state index in [0.29, 0.717) is 17.9 Å². The van der Waals surface area contributed by atoms with Crippen LogP contribution in [0.4, 0.5) is 8.78 Å². The number of halogens is 3. The molecule has 0 amide bonds. The summed E-state index contributed by atoms with van der Waals surface area (Å²) in [5.74, 6) is -0.701. The van der Waals surface area contributed by atoms with Crippen LogP contribution in [0.15, 0.2) is 30.5 Å². The van der Waals surface area contributed by atoms with Crippen molar-refractivity contribution in [1.82, 2.24) is 14.5 Å². The summed E-state index contributed by atoms with van der Waals surface area (Å²) in [4.78, 5) is 8.37. The summed E-state index contributed by atoms with van der Waals surface area (Å²) in [6, 6.07) is 5.89. The number of nitrogens with zero attached hydrogens (tertiary/aromatic N) is 3. The van der Waals surface area contributed by atoms with Crippen LogP contribution in [0.3, 0.4) is 0 Å². The van der Waals surface area contributed by atoms with E-state index >= 15 is 0 Å². The zero-order valence-electron chi connectivity index (χ0n) is 11.3. The molecule has 0 saturated carbocycles. The first-order valence-corrected chi connectivity index (χ1v) is 6.93. The molecule has 1 aromatic carbocycles. The van der Waals surface area contributed by atoms with Gasteiger partial charge >= 0.3 is 0 Å². The summed E-state index contributed by atoms with van der Waals surface area (Å²) in [6.07, 6.45) is 1.73. The van der Waals surface area contributed by atoms with E-state index in [9.17, 15) is 8.78 Å². The molecule has 21 heavy (non-hydrogen) atoms. The Bertz CT molecular complexity index is 797. The lowest BCUT2D eigenvalue weighted by atomic mass is 10.2. The molecule has 0 aliphatic carbocycles. The van der Waals surface area contributed by atoms with Gasteiger partial charge in [0.1, 0.15) is 17.2 Å². The van der Waals surface area contributed by atoms with E-state index in [1.807, 2.05) is 19.1 Å². The Morgan fingerprint density at radius 3 is 2.71 bits per heavy atom. The number of fused-ring (bicyclic) bond motifs is 1. The van der Waals surface area contributed by atoms with Crippen molar-refractivity contribution in [1.29, 1.82) is 0 Å². The molecule has 0 unspecified atom stereocenters. The first kappa shape index (κ1) is 13.9. The third-order valence-corrected chi connectivity index (χ3v) is 3.52. The maximum Gasteiger partial charge on any atom is 0.153 e. The number of hydrogen-bond donors (Lipinski definition) is 0. The second-order valence-corrected chi connectivity index (χ2v) is 5.08. The molecule has 0 aliphatic rings. The van der Waals surface area contributed by atoms with Crippen molar-refractivity contribution in [3.8, 4) is 0 Å². The molecular weight excluding hydrogens is 296 g/mol. The van der Waals surface area contributed by atoms with Crippen LogP contribution in [0.25, 0.3) is 11.0 Å². The zero-order valence-corrected chi connectivity index (χ0v) is 12.0. The van der Waals surface area contributed by atoms with Crippen molar-refractivity contribution >= 4 is 22.6 Å². The van der Waals surface area contributed by atoms with E-state index in [-0.39, 0.29) is 11.4 Å². The van der Waals surface area contributed by atoms with Gasteiger partial charge < -0.3 is 4.57 Å². The normalized spacial score (nSPS) is 11.2. The maximum absolute atomic E-state index is 13.8. The summed E-state index contributed by atoms with van der Waals surface area (Å²) in [6.45, 7) is 2.31. The van der Waals surface area contributed by atoms with Crippen LogP contribution >= 0.6 is 11.6 Å². The van der Waals surface area contributed by atoms with Crippen LogP contribution in [0.1, 0.15) is 17.1 Å². The van der Waals surface area contributed by atoms with E-state index < -0.39 is 11.6 Å². The van der Waals surface area contributed by atoms with Gasteiger partial charge in [0, 0.05) is 18.0 Å². The second-order valence-electron chi connectivity index (χ2n) is 4.81. The monoisotopic (exact) mass is 307 g/mol. The van der Waals surface area contributed by atoms with E-state index in [4.69, 9.17) is 11.6 Å². The van der Waals surface area contributed by atoms with Gasteiger partial charge in [0.15, 0.2) is 5.82 Å². The van der Waals surface area contributed by atoms with Gasteiger partial charge in [-0.25, -0.2) is 13.8 Å². The number of rotatable bonds is 3. The smallest absolute Gasteiger partial charge is 0.153 e. The molecule has 0 fully saturated rings. The number of alkyl halides is 1. The highest BCUT2D eigenvalue weighted by Gasteiger charge is 2.15. The number of hydrogen-bond acceptors (Lipinski definition) is 2. The molecule has 3 rings (SSSR count). The molecule has 108 valence electrons. The van der Waals surface area contributed by atoms with Gasteiger partial charge in [-0.05, 0) is 24.6 Å². The van der Waals surface area contributed by atoms with E-state index in [1.54, 1.807) is 10.8 Å². The van der Waals surface area contributed by atoms with Crippen molar-refractivity contribution in [2.24, 2.45) is 0 Å². The average Bonchev–Trinajstić information content (AvgIpc) is 2.80. The minimum Gasteiger partial charge on any atom is -0.322 e. The average molecular weight is 308 g/mol. The first-order chi connectivity index (χ1) is 10.1. The highest BCUT2D eigenvalue weighted by atomic mass is 35.5. The number of pyridine rings is 1. The molecule has 0 N–H and O–H groups in total. The highest BCUT2D eigenvalue weighted by Crippen LogP contribution is 2.23. The predicted molar refractivity (Wildman–Crippen MR) is 77.3 cm³/mol. The molecule has 3 aromatic rings. The maximum atomic E-state index is 13.8. The molecule has 2 aromatic heterocycles. The third-order valence-electron chi connectivity index (χ3n) is 3.28. The predicted octanol–water partition coefficient (Wildman–Crippen LogP) is 3.81. The van der Waals surface area contributed by atoms with Crippen LogP contribution in [0.5, 0.6) is 0 Å². The quantitative estimate of drug-likeness (QED) is 0.689. The fourth-order valence-electron chi connectivity index (χ4n) is 2.25. The van der Waals surface area contributed by atoms with Gasteiger partial charge in [-0.2, -0.15) is 0 Å². The Morgan fingerprint density at radius 2 is 2.05 bits per heavy atom. The van der Waals surface area contributed by atoms with Crippen LogP contribution in [0.2, 0.25) is 0 Å². The van der Waals surface area contributed by atoms with Crippen molar-refractivity contribution in [2.75, 3.05) is 0 Å². The molecule has 2 heterocycles. The lowest BCUT2D eigenvalue weighted by molar-refractivity contribution is 0.590. The third kappa shape index (κ3) is 2.61. The highest BCUT2D eigenvalue weighted by molar-refractivity contribution is 6.16. The topological polar surface area (TPSA) is 30.7 Å². The SMILES string of the molecule is Cc1ccc(Cn2c(CCl)nc3c(F)cc(F)cc32)cn1. The summed E-state index contributed by atoms with van der Waals surface area (Å²) < 4.78 is 29.0. The summed E-state index contributed by atoms with van der Waals surface area (Å²) in [5, 5.41) is 0. The molecule has 0 atom stereocenters. The minimum absolute atomic E-state index is 0.120. The molecule has 3 nitrogen and oxygen atoms in total. The minimum atomic E-state index is -0.683. The van der Waals surface area contributed by atoms with Crippen LogP contribution in [0, 0.1) is 18.6 Å². The lowest BCUT2D eigenvalue weighted by Gasteiger charge is -2.08. The van der Waals surface area contributed by atoms with Crippen LogP contribution in [-0.4, -0.2) is 14.5 Å². The molecule has 0 spiro atoms. The standard InChI is InChI=1S/C15H12ClF2N3/c1-9-2-3-10(7-19-9)8-21-13-5-11(17)4-12(18)15(13)20-14(21)6-16/h2-5,7H,6,8H2,1H3. The van der Waals surface area contributed by atoms with Crippen molar-refractivity contribution in [3.05, 3.63) is 59.2 Å². The Labute approximate surface area is 125 Å². The Kier molecular flexibility index (Phi) is 3.59. The van der Waals surface area contributed by atoms with Gasteiger partial charge in [0.05, 0.1) is 17.9 Å². The van der Waals surface area contributed by atoms with Crippen LogP contribution < -0.4 is 0 Å². The molecule has 0 radical (unpaired) electrons. The largest absolute Gasteiger partial charge is 0.322 e. The fourth-order valence-corrected chi connectivity index (χ4v) is 2.45. The fraction of sp³-hybridized carbons (Fsp3) is 0.200. The Balaban J connectivity index is 2.13. The van der Waals surface area contributed by atoms with Gasteiger partial charge in [-0.1, -0.05) is 6.07 Å². The van der Waals surface area contributed by atoms with Gasteiger partial charge in [0.2, 0.25) is 0 Å². The Morgan fingerprint density at radius 1 is 1.24 bits per heavy atom. The number of benzene rings is 1. The van der Waals surface area contributed by atoms with Gasteiger partial charge in [-0.3, -0.25) is 4.98 Å². The summed E-state index contributed by atoms with van der Waals surface area (Å²) in [5.41, 5.74) is 2.34. The Hall–Kier alpha value is -2.01. The summed E-state index contributed by atoms with van der Waals surface area (Å²) in [7, 11) is 0. The number of imidazole rings is 1. The van der Waals surface area contributed by atoms with Crippen molar-refractivity contribution in [3.63, 3.8) is 0 Å². The van der Waals surface area contributed by atoms with E-state index in [2.05, 4.69) is 9.97 Å². The number of aromatic nitrogens is 3. The lowest BCUT2D eigenvalue weighted by Crippen LogP contribution is -2.04. The zero-order chi connectivity index (χ0) is 15.0. The van der Waals surface area contributed by atoms with Crippen molar-refractivity contribution in [2.45, 2.75) is 19.3 Å². The van der Waals surface area contributed by atoms with Gasteiger partial charge in [-0.15, -0.1) is 11.6 Å². The van der Waals surface area contributed by atoms with E-state index in [1.165, 1.54) is 6.07 Å². The van der Waals surface area contributed by atoms with Crippen molar-refractivity contribution < 1.29 is 8.78 Å². The molecular formula is C15H12ClF2N3. The molecule has 0 saturated heterocycles. The first-order valence-electron chi connectivity index (χ1n) is 6.40. The molecule has 6 heteroatoms. The number of aryl methyl sites for hydroxylation is 1. The van der Waals surface area contributed by atoms with E-state index in [0.717, 1.165) is 17.3 Å². The molecule has 0 aliphatic heterocycles.